The maximum atomic E-state index is 12.0. The number of halogens is 1. The molecule has 2 rings (SSSR count). The van der Waals surface area contributed by atoms with Crippen LogP contribution in [0.5, 0.6) is 5.75 Å². The van der Waals surface area contributed by atoms with E-state index in [0.717, 1.165) is 10.4 Å². The topological polar surface area (TPSA) is 74.7 Å². The summed E-state index contributed by atoms with van der Waals surface area (Å²) < 4.78 is 15.7. The Labute approximate surface area is 145 Å². The van der Waals surface area contributed by atoms with Crippen LogP contribution in [0.4, 0.5) is 0 Å². The minimum absolute atomic E-state index is 0.263. The number of thiophene rings is 1. The predicted molar refractivity (Wildman–Crippen MR) is 88.7 cm³/mol. The fourth-order valence-corrected chi connectivity index (χ4v) is 3.75. The summed E-state index contributed by atoms with van der Waals surface area (Å²) in [6.07, 6.45) is 3.30. The Morgan fingerprint density at radius 2 is 2.00 bits per heavy atom. The van der Waals surface area contributed by atoms with Gasteiger partial charge in [0.15, 0.2) is 17.2 Å². The summed E-state index contributed by atoms with van der Waals surface area (Å²) in [6.45, 7) is 1.68. The summed E-state index contributed by atoms with van der Waals surface area (Å²) >= 11 is 4.64. The van der Waals surface area contributed by atoms with Gasteiger partial charge in [-0.3, -0.25) is 4.98 Å². The van der Waals surface area contributed by atoms with Crippen LogP contribution in [-0.2, 0) is 14.3 Å². The molecule has 2 aromatic rings. The minimum atomic E-state index is -0.533. The number of hydrogen-bond donors (Lipinski definition) is 0. The fraction of sp³-hybridized carbons (Fsp3) is 0.267. The van der Waals surface area contributed by atoms with Gasteiger partial charge in [-0.05, 0) is 40.5 Å². The summed E-state index contributed by atoms with van der Waals surface area (Å²) in [5, 5.41) is 0. The van der Waals surface area contributed by atoms with E-state index in [9.17, 15) is 9.59 Å². The van der Waals surface area contributed by atoms with E-state index in [1.54, 1.807) is 19.3 Å². The van der Waals surface area contributed by atoms with E-state index in [0.29, 0.717) is 4.47 Å². The molecule has 6 nitrogen and oxygen atoms in total. The smallest absolute Gasteiger partial charge is 0.351 e. The van der Waals surface area contributed by atoms with Gasteiger partial charge in [-0.15, -0.1) is 11.3 Å². The van der Waals surface area contributed by atoms with Crippen molar-refractivity contribution in [3.8, 4) is 16.2 Å². The molecular formula is C15H14BrNO5S. The molecule has 0 bridgehead atoms. The molecule has 0 amide bonds. The zero-order valence-electron chi connectivity index (χ0n) is 12.5. The zero-order chi connectivity index (χ0) is 16.8. The van der Waals surface area contributed by atoms with Gasteiger partial charge in [-0.25, -0.2) is 9.59 Å². The summed E-state index contributed by atoms with van der Waals surface area (Å²) in [7, 11) is 1.29. The second-order valence-electron chi connectivity index (χ2n) is 4.22. The zero-order valence-corrected chi connectivity index (χ0v) is 14.9. The van der Waals surface area contributed by atoms with Gasteiger partial charge >= 0.3 is 11.9 Å². The molecule has 0 aliphatic rings. The van der Waals surface area contributed by atoms with Gasteiger partial charge in [-0.2, -0.15) is 0 Å². The monoisotopic (exact) mass is 399 g/mol. The van der Waals surface area contributed by atoms with Crippen molar-refractivity contribution in [1.29, 1.82) is 0 Å². The van der Waals surface area contributed by atoms with Gasteiger partial charge in [0, 0.05) is 12.4 Å². The first kappa shape index (κ1) is 17.4. The number of hydrogen-bond acceptors (Lipinski definition) is 7. The number of aromatic nitrogens is 1. The first-order chi connectivity index (χ1) is 11.1. The number of methoxy groups -OCH3 is 1. The lowest BCUT2D eigenvalue weighted by molar-refractivity contribution is -0.145. The van der Waals surface area contributed by atoms with Gasteiger partial charge in [0.1, 0.15) is 0 Å². The van der Waals surface area contributed by atoms with Crippen molar-refractivity contribution in [1.82, 2.24) is 4.98 Å². The third-order valence-corrected chi connectivity index (χ3v) is 4.98. The molecule has 0 unspecified atom stereocenters. The number of carbonyl (C=O) groups is 2. The van der Waals surface area contributed by atoms with Gasteiger partial charge in [0.2, 0.25) is 0 Å². The molecule has 0 spiro atoms. The Kier molecular flexibility index (Phi) is 6.12. The Hall–Kier alpha value is -1.93. The van der Waals surface area contributed by atoms with E-state index in [2.05, 4.69) is 20.9 Å². The van der Waals surface area contributed by atoms with Crippen LogP contribution in [0.3, 0.4) is 0 Å². The van der Waals surface area contributed by atoms with Crippen LogP contribution in [-0.4, -0.2) is 37.2 Å². The first-order valence-corrected chi connectivity index (χ1v) is 8.28. The molecule has 0 aliphatic heterocycles. The largest absolute Gasteiger partial charge is 0.479 e. The SMILES string of the molecule is CCOC(=O)COc1c(C(=O)OC)sc(-c2ccncc2)c1Br. The van der Waals surface area contributed by atoms with Crippen LogP contribution in [0.25, 0.3) is 10.4 Å². The lowest BCUT2D eigenvalue weighted by Crippen LogP contribution is -2.15. The van der Waals surface area contributed by atoms with Crippen molar-refractivity contribution in [3.05, 3.63) is 33.9 Å². The maximum absolute atomic E-state index is 12.0. The predicted octanol–water partition coefficient (Wildman–Crippen LogP) is 3.30. The number of ether oxygens (including phenoxy) is 3. The Morgan fingerprint density at radius 3 is 2.61 bits per heavy atom. The van der Waals surface area contributed by atoms with Crippen LogP contribution in [0.1, 0.15) is 16.6 Å². The number of esters is 2. The van der Waals surface area contributed by atoms with Gasteiger partial charge in [0.25, 0.3) is 0 Å². The lowest BCUT2D eigenvalue weighted by atomic mass is 10.2. The van der Waals surface area contributed by atoms with E-state index in [1.165, 1.54) is 18.4 Å². The van der Waals surface area contributed by atoms with Gasteiger partial charge < -0.3 is 14.2 Å². The van der Waals surface area contributed by atoms with Crippen LogP contribution in [0.2, 0.25) is 0 Å². The Morgan fingerprint density at radius 1 is 1.30 bits per heavy atom. The molecule has 8 heteroatoms. The summed E-state index contributed by atoms with van der Waals surface area (Å²) in [5.41, 5.74) is 0.869. The number of pyridine rings is 1. The number of rotatable bonds is 6. The van der Waals surface area contributed by atoms with Crippen molar-refractivity contribution in [2.75, 3.05) is 20.3 Å². The molecule has 0 radical (unpaired) electrons. The van der Waals surface area contributed by atoms with Crippen LogP contribution < -0.4 is 4.74 Å². The highest BCUT2D eigenvalue weighted by molar-refractivity contribution is 9.10. The van der Waals surface area contributed by atoms with Gasteiger partial charge in [-0.1, -0.05) is 0 Å². The third-order valence-electron chi connectivity index (χ3n) is 2.76. The molecule has 2 heterocycles. The summed E-state index contributed by atoms with van der Waals surface area (Å²) in [6, 6.07) is 3.62. The standard InChI is InChI=1S/C15H14BrNO5S/c1-3-21-10(18)8-22-12-11(16)13(9-4-6-17-7-5-9)23-14(12)15(19)20-2/h4-7H,3,8H2,1-2H3. The summed E-state index contributed by atoms with van der Waals surface area (Å²) in [5.74, 6) is -0.775. The molecule has 23 heavy (non-hydrogen) atoms. The molecule has 0 saturated heterocycles. The number of nitrogens with zero attached hydrogens (tertiary/aromatic N) is 1. The van der Waals surface area contributed by atoms with Crippen molar-refractivity contribution in [2.45, 2.75) is 6.92 Å². The molecule has 0 aliphatic carbocycles. The van der Waals surface area contributed by atoms with Crippen molar-refractivity contribution in [2.24, 2.45) is 0 Å². The minimum Gasteiger partial charge on any atom is -0.479 e. The van der Waals surface area contributed by atoms with E-state index in [1.807, 2.05) is 12.1 Å². The Balaban J connectivity index is 2.37. The van der Waals surface area contributed by atoms with Crippen molar-refractivity contribution in [3.63, 3.8) is 0 Å². The van der Waals surface area contributed by atoms with E-state index in [-0.39, 0.29) is 23.8 Å². The van der Waals surface area contributed by atoms with Crippen molar-refractivity contribution >= 4 is 39.2 Å². The average Bonchev–Trinajstić information content (AvgIpc) is 2.90. The highest BCUT2D eigenvalue weighted by Crippen LogP contribution is 2.45. The van der Waals surface area contributed by atoms with Crippen LogP contribution >= 0.6 is 27.3 Å². The van der Waals surface area contributed by atoms with E-state index >= 15 is 0 Å². The molecule has 0 N–H and O–H groups in total. The third kappa shape index (κ3) is 4.08. The van der Waals surface area contributed by atoms with E-state index in [4.69, 9.17) is 14.2 Å². The number of carbonyl (C=O) groups excluding carboxylic acids is 2. The molecule has 0 atom stereocenters. The van der Waals surface area contributed by atoms with Crippen molar-refractivity contribution < 1.29 is 23.8 Å². The maximum Gasteiger partial charge on any atom is 0.351 e. The normalized spacial score (nSPS) is 10.2. The second-order valence-corrected chi connectivity index (χ2v) is 6.04. The second kappa shape index (κ2) is 8.07. The molecule has 2 aromatic heterocycles. The quantitative estimate of drug-likeness (QED) is 0.693. The molecule has 122 valence electrons. The fourth-order valence-electron chi connectivity index (χ4n) is 1.77. The molecule has 0 aromatic carbocycles. The molecule has 0 saturated carbocycles. The first-order valence-electron chi connectivity index (χ1n) is 6.67. The Bertz CT molecular complexity index is 701. The molecule has 0 fully saturated rings. The lowest BCUT2D eigenvalue weighted by Gasteiger charge is -2.07. The highest BCUT2D eigenvalue weighted by atomic mass is 79.9. The van der Waals surface area contributed by atoms with E-state index < -0.39 is 11.9 Å². The average molecular weight is 400 g/mol. The summed E-state index contributed by atoms with van der Waals surface area (Å²) in [4.78, 5) is 28.5. The highest BCUT2D eigenvalue weighted by Gasteiger charge is 2.25. The van der Waals surface area contributed by atoms with Crippen LogP contribution in [0.15, 0.2) is 29.0 Å². The molecular weight excluding hydrogens is 386 g/mol. The van der Waals surface area contributed by atoms with Crippen LogP contribution in [0, 0.1) is 0 Å². The van der Waals surface area contributed by atoms with Gasteiger partial charge in [0.05, 0.1) is 23.1 Å².